The van der Waals surface area contributed by atoms with Crippen LogP contribution in [0.25, 0.3) is 0 Å². The first-order valence-corrected chi connectivity index (χ1v) is 5.49. The summed E-state index contributed by atoms with van der Waals surface area (Å²) < 4.78 is 57.5. The fourth-order valence-corrected chi connectivity index (χ4v) is 1.48. The number of carbonyl (C=O) groups excluding carboxylic acids is 1. The first-order chi connectivity index (χ1) is 9.28. The van der Waals surface area contributed by atoms with Crippen molar-refractivity contribution < 1.29 is 31.8 Å². The van der Waals surface area contributed by atoms with E-state index in [2.05, 4.69) is 9.47 Å². The van der Waals surface area contributed by atoms with E-state index in [1.54, 1.807) is 6.92 Å². The molecular weight excluding hydrogens is 286 g/mol. The average molecular weight is 297 g/mol. The van der Waals surface area contributed by atoms with E-state index in [0.717, 1.165) is 6.20 Å². The normalized spacial score (nSPS) is 11.2. The van der Waals surface area contributed by atoms with Gasteiger partial charge in [-0.1, -0.05) is 0 Å². The maximum atomic E-state index is 12.9. The number of carbonyl (C=O) groups is 1. The van der Waals surface area contributed by atoms with Gasteiger partial charge in [0.05, 0.1) is 13.0 Å². The predicted molar refractivity (Wildman–Crippen MR) is 58.9 cm³/mol. The molecule has 1 aromatic heterocycles. The summed E-state index contributed by atoms with van der Waals surface area (Å²) in [5, 5.41) is 0. The fraction of sp³-hybridized carbons (Fsp3) is 0.455. The number of nitrogens with one attached hydrogen (secondary N) is 1. The molecule has 20 heavy (non-hydrogen) atoms. The summed E-state index contributed by atoms with van der Waals surface area (Å²) in [5.41, 5.74) is -1.99. The molecule has 0 aliphatic rings. The molecular formula is C11H11F4NO4. The molecule has 0 saturated heterocycles. The third-order valence-electron chi connectivity index (χ3n) is 2.24. The maximum absolute atomic E-state index is 12.9. The number of aromatic nitrogens is 1. The predicted octanol–water partition coefficient (Wildman–Crippen LogP) is 1.85. The number of hydrogen-bond acceptors (Lipinski definition) is 4. The Morgan fingerprint density at radius 3 is 2.55 bits per heavy atom. The van der Waals surface area contributed by atoms with Crippen molar-refractivity contribution in [1.82, 2.24) is 4.98 Å². The highest BCUT2D eigenvalue weighted by atomic mass is 19.4. The minimum atomic E-state index is -5.14. The van der Waals surface area contributed by atoms with Crippen LogP contribution in [-0.4, -0.2) is 23.9 Å². The third kappa shape index (κ3) is 4.25. The SMILES string of the molecule is CCOC(=O)Cc1c[nH]c(=O)c(OC(F)(F)F)c1CF. The zero-order valence-corrected chi connectivity index (χ0v) is 10.3. The monoisotopic (exact) mass is 297 g/mol. The van der Waals surface area contributed by atoms with Crippen molar-refractivity contribution >= 4 is 5.97 Å². The van der Waals surface area contributed by atoms with Gasteiger partial charge in [0, 0.05) is 11.8 Å². The zero-order valence-electron chi connectivity index (χ0n) is 10.3. The van der Waals surface area contributed by atoms with E-state index in [0.29, 0.717) is 0 Å². The van der Waals surface area contributed by atoms with Gasteiger partial charge in [-0.3, -0.25) is 9.59 Å². The number of alkyl halides is 4. The van der Waals surface area contributed by atoms with Crippen LogP contribution in [0.1, 0.15) is 18.1 Å². The van der Waals surface area contributed by atoms with Gasteiger partial charge in [-0.25, -0.2) is 4.39 Å². The summed E-state index contributed by atoms with van der Waals surface area (Å²) in [6, 6.07) is 0. The molecule has 0 spiro atoms. The lowest BCUT2D eigenvalue weighted by molar-refractivity contribution is -0.275. The second kappa shape index (κ2) is 6.40. The Balaban J connectivity index is 3.17. The maximum Gasteiger partial charge on any atom is 0.573 e. The number of esters is 1. The molecule has 1 heterocycles. The van der Waals surface area contributed by atoms with Gasteiger partial charge in [-0.15, -0.1) is 13.2 Å². The first kappa shape index (κ1) is 16.0. The van der Waals surface area contributed by atoms with Crippen LogP contribution in [0.3, 0.4) is 0 Å². The molecule has 112 valence electrons. The van der Waals surface area contributed by atoms with Crippen molar-refractivity contribution in [3.8, 4) is 5.75 Å². The molecule has 0 aliphatic carbocycles. The Labute approximate surface area is 110 Å². The molecule has 9 heteroatoms. The highest BCUT2D eigenvalue weighted by Crippen LogP contribution is 2.26. The summed E-state index contributed by atoms with van der Waals surface area (Å²) in [5.74, 6) is -1.96. The van der Waals surface area contributed by atoms with Crippen LogP contribution in [0.5, 0.6) is 5.75 Å². The molecule has 0 saturated carbocycles. The largest absolute Gasteiger partial charge is 0.573 e. The standard InChI is InChI=1S/C11H11F4NO4/c1-2-19-8(17)3-6-5-16-10(18)9(7(6)4-12)20-11(13,14)15/h5H,2-4H2,1H3,(H,16,18). The second-order valence-electron chi connectivity index (χ2n) is 3.61. The van der Waals surface area contributed by atoms with Gasteiger partial charge in [-0.2, -0.15) is 0 Å². The van der Waals surface area contributed by atoms with Crippen LogP contribution in [-0.2, 0) is 22.6 Å². The van der Waals surface area contributed by atoms with Crippen molar-refractivity contribution in [3.05, 3.63) is 27.7 Å². The highest BCUT2D eigenvalue weighted by Gasteiger charge is 2.34. The lowest BCUT2D eigenvalue weighted by atomic mass is 10.1. The quantitative estimate of drug-likeness (QED) is 0.665. The summed E-state index contributed by atoms with van der Waals surface area (Å²) >= 11 is 0. The van der Waals surface area contributed by atoms with Crippen LogP contribution in [0, 0.1) is 0 Å². The molecule has 1 aromatic rings. The summed E-state index contributed by atoms with van der Waals surface area (Å²) in [4.78, 5) is 24.5. The van der Waals surface area contributed by atoms with Crippen LogP contribution < -0.4 is 10.3 Å². The minimum absolute atomic E-state index is 0.0685. The number of aromatic amines is 1. The van der Waals surface area contributed by atoms with E-state index < -0.39 is 42.3 Å². The molecule has 0 amide bonds. The van der Waals surface area contributed by atoms with Crippen molar-refractivity contribution in [2.45, 2.75) is 26.4 Å². The van der Waals surface area contributed by atoms with E-state index in [4.69, 9.17) is 0 Å². The smallest absolute Gasteiger partial charge is 0.466 e. The van der Waals surface area contributed by atoms with Crippen LogP contribution in [0.2, 0.25) is 0 Å². The van der Waals surface area contributed by atoms with Gasteiger partial charge >= 0.3 is 12.3 Å². The molecule has 1 rings (SSSR count). The summed E-state index contributed by atoms with van der Waals surface area (Å²) in [7, 11) is 0. The number of halogens is 4. The Bertz CT molecular complexity index is 538. The van der Waals surface area contributed by atoms with Crippen molar-refractivity contribution in [3.63, 3.8) is 0 Å². The average Bonchev–Trinajstić information content (AvgIpc) is 2.32. The lowest BCUT2D eigenvalue weighted by Crippen LogP contribution is -2.25. The van der Waals surface area contributed by atoms with E-state index >= 15 is 0 Å². The topological polar surface area (TPSA) is 68.4 Å². The van der Waals surface area contributed by atoms with E-state index in [9.17, 15) is 27.2 Å². The van der Waals surface area contributed by atoms with Gasteiger partial charge in [0.15, 0.2) is 0 Å². The van der Waals surface area contributed by atoms with Crippen molar-refractivity contribution in [1.29, 1.82) is 0 Å². The number of H-pyrrole nitrogens is 1. The van der Waals surface area contributed by atoms with E-state index in [-0.39, 0.29) is 12.2 Å². The lowest BCUT2D eigenvalue weighted by Gasteiger charge is -2.13. The molecule has 0 unspecified atom stereocenters. The van der Waals surface area contributed by atoms with Gasteiger partial charge in [0.1, 0.15) is 6.67 Å². The zero-order chi connectivity index (χ0) is 15.3. The van der Waals surface area contributed by atoms with E-state index in [1.807, 2.05) is 4.98 Å². The first-order valence-electron chi connectivity index (χ1n) is 5.49. The molecule has 1 N–H and O–H groups in total. The van der Waals surface area contributed by atoms with Crippen molar-refractivity contribution in [2.75, 3.05) is 6.61 Å². The molecule has 0 radical (unpaired) electrons. The van der Waals surface area contributed by atoms with Crippen LogP contribution >= 0.6 is 0 Å². The minimum Gasteiger partial charge on any atom is -0.466 e. The number of pyridine rings is 1. The van der Waals surface area contributed by atoms with E-state index in [1.165, 1.54) is 0 Å². The molecule has 5 nitrogen and oxygen atoms in total. The van der Waals surface area contributed by atoms with Crippen molar-refractivity contribution in [2.24, 2.45) is 0 Å². The third-order valence-corrected chi connectivity index (χ3v) is 2.24. The Morgan fingerprint density at radius 2 is 2.05 bits per heavy atom. The molecule has 0 fully saturated rings. The number of ether oxygens (including phenoxy) is 2. The molecule has 0 aromatic carbocycles. The fourth-order valence-electron chi connectivity index (χ4n) is 1.48. The van der Waals surface area contributed by atoms with Gasteiger partial charge in [0.2, 0.25) is 5.75 Å². The van der Waals surface area contributed by atoms with Gasteiger partial charge < -0.3 is 14.5 Å². The molecule has 0 aliphatic heterocycles. The number of rotatable bonds is 5. The van der Waals surface area contributed by atoms with Crippen LogP contribution in [0.4, 0.5) is 17.6 Å². The van der Waals surface area contributed by atoms with Crippen LogP contribution in [0.15, 0.2) is 11.0 Å². The second-order valence-corrected chi connectivity index (χ2v) is 3.61. The summed E-state index contributed by atoms with van der Waals surface area (Å²) in [6.45, 7) is 0.224. The van der Waals surface area contributed by atoms with Gasteiger partial charge in [0.25, 0.3) is 5.56 Å². The Hall–Kier alpha value is -2.06. The molecule has 0 atom stereocenters. The number of hydrogen-bond donors (Lipinski definition) is 1. The van der Waals surface area contributed by atoms with Gasteiger partial charge in [-0.05, 0) is 12.5 Å². The highest BCUT2D eigenvalue weighted by molar-refractivity contribution is 5.73. The summed E-state index contributed by atoms with van der Waals surface area (Å²) in [6.07, 6.45) is -4.66. The Morgan fingerprint density at radius 1 is 1.40 bits per heavy atom. The molecule has 0 bridgehead atoms. The Kier molecular flexibility index (Phi) is 5.12.